The molecule has 1 heterocycles. The number of carbonyl (C=O) groups is 4. The molecule has 0 bridgehead atoms. The number of methoxy groups -OCH3 is 1. The van der Waals surface area contributed by atoms with E-state index in [1.807, 2.05) is 48.5 Å². The predicted molar refractivity (Wildman–Crippen MR) is 146 cm³/mol. The van der Waals surface area contributed by atoms with Gasteiger partial charge in [0, 0.05) is 41.3 Å². The summed E-state index contributed by atoms with van der Waals surface area (Å²) in [5.41, 5.74) is 4.64. The molecule has 10 heteroatoms. The molecule has 9 nitrogen and oxygen atoms in total. The number of esters is 1. The fraction of sp³-hybridized carbons (Fsp3) is 0.276. The molecule has 0 saturated carbocycles. The Balaban J connectivity index is 1.35. The van der Waals surface area contributed by atoms with Crippen molar-refractivity contribution in [2.75, 3.05) is 25.2 Å². The van der Waals surface area contributed by atoms with Crippen LogP contribution in [0, 0.1) is 5.92 Å². The van der Waals surface area contributed by atoms with E-state index in [1.165, 1.54) is 31.3 Å². The van der Waals surface area contributed by atoms with Crippen LogP contribution in [-0.2, 0) is 19.1 Å². The van der Waals surface area contributed by atoms with E-state index in [0.29, 0.717) is 5.56 Å². The minimum absolute atomic E-state index is 0.0628. The normalized spacial score (nSPS) is 13.5. The largest absolute Gasteiger partial charge is 0.481 e. The summed E-state index contributed by atoms with van der Waals surface area (Å²) in [6.45, 7) is 0.0845. The Bertz CT molecular complexity index is 1300. The molecule has 1 aliphatic carbocycles. The molecule has 2 aromatic carbocycles. The summed E-state index contributed by atoms with van der Waals surface area (Å²) in [5.74, 6) is -2.91. The number of alkyl carbamates (subject to hydrolysis) is 1. The molecule has 39 heavy (non-hydrogen) atoms. The van der Waals surface area contributed by atoms with Crippen LogP contribution in [0.4, 0.5) is 4.79 Å². The number of nitrogens with zero attached hydrogens (tertiary/aromatic N) is 1. The first-order chi connectivity index (χ1) is 18.9. The second-order valence-corrected chi connectivity index (χ2v) is 10.1. The van der Waals surface area contributed by atoms with Crippen LogP contribution >= 0.6 is 11.8 Å². The van der Waals surface area contributed by atoms with Gasteiger partial charge in [-0.1, -0.05) is 48.5 Å². The number of fused-ring (bicyclic) bond motifs is 3. The van der Waals surface area contributed by atoms with Gasteiger partial charge in [0.05, 0.1) is 13.5 Å². The van der Waals surface area contributed by atoms with Crippen molar-refractivity contribution in [3.8, 4) is 11.1 Å². The first-order valence-corrected chi connectivity index (χ1v) is 13.5. The van der Waals surface area contributed by atoms with Gasteiger partial charge in [0.15, 0.2) is 5.78 Å². The van der Waals surface area contributed by atoms with Gasteiger partial charge >= 0.3 is 18.0 Å². The van der Waals surface area contributed by atoms with E-state index in [9.17, 15) is 24.3 Å². The minimum Gasteiger partial charge on any atom is -0.481 e. The first-order valence-electron chi connectivity index (χ1n) is 12.3. The van der Waals surface area contributed by atoms with E-state index < -0.39 is 30.0 Å². The standard InChI is InChI=1S/C29H28N2O7S/c1-37-28(35)25(17-39-16-19(13-26(32)33)27(34)18-7-6-12-30-14-18)31-29(36)38-15-24-22-10-4-2-8-20(22)21-9-3-5-11-23(21)24/h2-12,14,19,24-25H,13,15-17H2,1H3,(H,31,36)(H,32,33)/t19?,25-/m0/s1. The Morgan fingerprint density at radius 2 is 1.64 bits per heavy atom. The smallest absolute Gasteiger partial charge is 0.407 e. The zero-order valence-electron chi connectivity index (χ0n) is 21.2. The van der Waals surface area contributed by atoms with E-state index in [0.717, 1.165) is 22.3 Å². The Labute approximate surface area is 229 Å². The number of carbonyl (C=O) groups excluding carboxylic acids is 3. The number of carboxylic acids is 1. The Hall–Kier alpha value is -4.18. The van der Waals surface area contributed by atoms with Gasteiger partial charge in [0.25, 0.3) is 0 Å². The van der Waals surface area contributed by atoms with Crippen molar-refractivity contribution in [3.05, 3.63) is 89.7 Å². The number of carboxylic acid groups (broad SMARTS) is 1. The lowest BCUT2D eigenvalue weighted by molar-refractivity contribution is -0.142. The Morgan fingerprint density at radius 1 is 0.974 bits per heavy atom. The third-order valence-electron chi connectivity index (χ3n) is 6.46. The molecule has 202 valence electrons. The molecule has 0 saturated heterocycles. The number of Topliss-reactive ketones (excluding diaryl/α,β-unsaturated/α-hetero) is 1. The summed E-state index contributed by atoms with van der Waals surface area (Å²) < 4.78 is 10.4. The average Bonchev–Trinajstić information content (AvgIpc) is 3.28. The molecule has 1 aliphatic rings. The van der Waals surface area contributed by atoms with Crippen LogP contribution < -0.4 is 5.32 Å². The molecule has 4 rings (SSSR count). The number of ether oxygens (including phenoxy) is 2. The van der Waals surface area contributed by atoms with Gasteiger partial charge in [-0.15, -0.1) is 0 Å². The number of hydrogen-bond acceptors (Lipinski definition) is 8. The average molecular weight is 549 g/mol. The van der Waals surface area contributed by atoms with E-state index in [4.69, 9.17) is 9.47 Å². The van der Waals surface area contributed by atoms with Crippen molar-refractivity contribution in [2.24, 2.45) is 5.92 Å². The van der Waals surface area contributed by atoms with Gasteiger partial charge < -0.3 is 19.9 Å². The number of rotatable bonds is 12. The fourth-order valence-corrected chi connectivity index (χ4v) is 5.75. The molecular formula is C29H28N2O7S. The van der Waals surface area contributed by atoms with Crippen molar-refractivity contribution in [1.82, 2.24) is 10.3 Å². The summed E-state index contributed by atoms with van der Waals surface area (Å²) in [6, 6.07) is 18.0. The van der Waals surface area contributed by atoms with Gasteiger partial charge in [0.2, 0.25) is 0 Å². The summed E-state index contributed by atoms with van der Waals surface area (Å²) >= 11 is 1.17. The monoisotopic (exact) mass is 548 g/mol. The zero-order valence-corrected chi connectivity index (χ0v) is 22.1. The number of nitrogens with one attached hydrogen (secondary N) is 1. The van der Waals surface area contributed by atoms with E-state index in [1.54, 1.807) is 12.1 Å². The number of pyridine rings is 1. The molecule has 2 N–H and O–H groups in total. The molecular weight excluding hydrogens is 520 g/mol. The molecule has 0 spiro atoms. The SMILES string of the molecule is COC(=O)[C@H](CSCC(CC(=O)O)C(=O)c1cccnc1)NC(=O)OCC1c2ccccc2-c2ccccc21. The maximum absolute atomic E-state index is 12.8. The summed E-state index contributed by atoms with van der Waals surface area (Å²) in [5, 5.41) is 11.8. The third kappa shape index (κ3) is 6.83. The topological polar surface area (TPSA) is 132 Å². The molecule has 1 aromatic heterocycles. The molecule has 2 atom stereocenters. The van der Waals surface area contributed by atoms with Crippen LogP contribution in [-0.4, -0.2) is 65.2 Å². The fourth-order valence-electron chi connectivity index (χ4n) is 4.60. The quantitative estimate of drug-likeness (QED) is 0.253. The first kappa shape index (κ1) is 27.8. The highest BCUT2D eigenvalue weighted by Crippen LogP contribution is 2.44. The number of benzene rings is 2. The van der Waals surface area contributed by atoms with Crippen molar-refractivity contribution in [1.29, 1.82) is 0 Å². The summed E-state index contributed by atoms with van der Waals surface area (Å²) in [7, 11) is 1.21. The number of amides is 1. The molecule has 0 fully saturated rings. The second kappa shape index (κ2) is 13.1. The molecule has 1 amide bonds. The lowest BCUT2D eigenvalue weighted by Gasteiger charge is -2.19. The predicted octanol–water partition coefficient (Wildman–Crippen LogP) is 4.17. The number of hydrogen-bond donors (Lipinski definition) is 2. The minimum atomic E-state index is -1.11. The van der Waals surface area contributed by atoms with Crippen LogP contribution in [0.15, 0.2) is 73.1 Å². The second-order valence-electron chi connectivity index (χ2n) is 8.98. The van der Waals surface area contributed by atoms with E-state index in [2.05, 4.69) is 10.3 Å². The lowest BCUT2D eigenvalue weighted by atomic mass is 9.97. The summed E-state index contributed by atoms with van der Waals surface area (Å²) in [4.78, 5) is 53.2. The molecule has 1 unspecified atom stereocenters. The molecule has 0 radical (unpaired) electrons. The van der Waals surface area contributed by atoms with Crippen LogP contribution in [0.5, 0.6) is 0 Å². The van der Waals surface area contributed by atoms with Crippen LogP contribution in [0.25, 0.3) is 11.1 Å². The van der Waals surface area contributed by atoms with E-state index >= 15 is 0 Å². The van der Waals surface area contributed by atoms with Crippen molar-refractivity contribution in [3.63, 3.8) is 0 Å². The van der Waals surface area contributed by atoms with Crippen LogP contribution in [0.1, 0.15) is 33.8 Å². The van der Waals surface area contributed by atoms with Crippen molar-refractivity contribution in [2.45, 2.75) is 18.4 Å². The van der Waals surface area contributed by atoms with Gasteiger partial charge in [-0.3, -0.25) is 14.6 Å². The van der Waals surface area contributed by atoms with Gasteiger partial charge in [-0.05, 0) is 34.4 Å². The maximum Gasteiger partial charge on any atom is 0.407 e. The maximum atomic E-state index is 12.8. The number of aliphatic carboxylic acids is 1. The van der Waals surface area contributed by atoms with Crippen molar-refractivity contribution >= 4 is 35.6 Å². The van der Waals surface area contributed by atoms with Gasteiger partial charge in [0.1, 0.15) is 12.6 Å². The number of aromatic nitrogens is 1. The molecule has 3 aromatic rings. The van der Waals surface area contributed by atoms with Crippen LogP contribution in [0.3, 0.4) is 0 Å². The third-order valence-corrected chi connectivity index (χ3v) is 7.67. The van der Waals surface area contributed by atoms with E-state index in [-0.39, 0.29) is 36.2 Å². The lowest BCUT2D eigenvalue weighted by Crippen LogP contribution is -2.44. The Kier molecular flexibility index (Phi) is 9.32. The highest BCUT2D eigenvalue weighted by atomic mass is 32.2. The Morgan fingerprint density at radius 3 is 2.23 bits per heavy atom. The van der Waals surface area contributed by atoms with Crippen molar-refractivity contribution < 1.29 is 33.8 Å². The number of thioether (sulfide) groups is 1. The summed E-state index contributed by atoms with van der Waals surface area (Å²) in [6.07, 6.45) is 1.76. The number of ketones is 1. The van der Waals surface area contributed by atoms with Gasteiger partial charge in [-0.2, -0.15) is 11.8 Å². The molecule has 0 aliphatic heterocycles. The zero-order chi connectivity index (χ0) is 27.8. The highest BCUT2D eigenvalue weighted by molar-refractivity contribution is 7.99. The van der Waals surface area contributed by atoms with Crippen LogP contribution in [0.2, 0.25) is 0 Å². The highest BCUT2D eigenvalue weighted by Gasteiger charge is 2.30. The van der Waals surface area contributed by atoms with Gasteiger partial charge in [-0.25, -0.2) is 9.59 Å².